The second kappa shape index (κ2) is 9.33. The Morgan fingerprint density at radius 3 is 2.77 bits per heavy atom. The van der Waals surface area contributed by atoms with E-state index in [-0.39, 0.29) is 24.0 Å². The van der Waals surface area contributed by atoms with Gasteiger partial charge in [-0.05, 0) is 62.8 Å². The van der Waals surface area contributed by atoms with Crippen LogP contribution in [0.4, 0.5) is 9.18 Å². The van der Waals surface area contributed by atoms with Crippen molar-refractivity contribution in [3.05, 3.63) is 35.6 Å². The molecule has 0 unspecified atom stereocenters. The molecular weight excluding hydrogens is 333 g/mol. The van der Waals surface area contributed by atoms with Crippen LogP contribution in [0.5, 0.6) is 0 Å². The van der Waals surface area contributed by atoms with Crippen molar-refractivity contribution < 1.29 is 14.3 Å². The summed E-state index contributed by atoms with van der Waals surface area (Å²) < 4.78 is 13.6. The van der Waals surface area contributed by atoms with Crippen LogP contribution in [0.15, 0.2) is 24.3 Å². The first-order valence-corrected chi connectivity index (χ1v) is 9.84. The van der Waals surface area contributed by atoms with E-state index in [9.17, 15) is 14.3 Å². The van der Waals surface area contributed by atoms with Crippen LogP contribution in [0.3, 0.4) is 0 Å². The summed E-state index contributed by atoms with van der Waals surface area (Å²) in [6, 6.07) is 6.52. The number of urea groups is 1. The Bertz CT molecular complexity index is 590. The molecule has 6 heteroatoms. The van der Waals surface area contributed by atoms with E-state index < -0.39 is 0 Å². The van der Waals surface area contributed by atoms with Crippen molar-refractivity contribution in [1.29, 1.82) is 0 Å². The van der Waals surface area contributed by atoms with Crippen LogP contribution in [0, 0.1) is 5.82 Å². The van der Waals surface area contributed by atoms with E-state index in [1.54, 1.807) is 12.1 Å². The third-order valence-electron chi connectivity index (χ3n) is 5.48. The topological polar surface area (TPSA) is 55.8 Å². The predicted molar refractivity (Wildman–Crippen MR) is 99.4 cm³/mol. The molecular formula is C20H30FN3O2. The SMILES string of the molecule is O=C(NCCCN1CCC(O)CC1)N1CCCC[C@@H]1c1cccc(F)c1. The third kappa shape index (κ3) is 5.17. The summed E-state index contributed by atoms with van der Waals surface area (Å²) >= 11 is 0. The Labute approximate surface area is 155 Å². The van der Waals surface area contributed by atoms with Gasteiger partial charge in [0.1, 0.15) is 5.82 Å². The Morgan fingerprint density at radius 1 is 1.19 bits per heavy atom. The number of nitrogens with one attached hydrogen (secondary N) is 1. The number of carbonyl (C=O) groups is 1. The standard InChI is InChI=1S/C20H30FN3O2/c21-17-6-3-5-16(15-17)19-7-1-2-12-24(19)20(26)22-10-4-11-23-13-8-18(25)9-14-23/h3,5-6,15,18-19,25H,1-2,4,7-14H2,(H,22,26)/t19-/m1/s1. The molecule has 2 saturated heterocycles. The van der Waals surface area contributed by atoms with Gasteiger partial charge in [0, 0.05) is 26.2 Å². The van der Waals surface area contributed by atoms with Crippen molar-refractivity contribution in [3.8, 4) is 0 Å². The molecule has 0 aromatic heterocycles. The molecule has 2 fully saturated rings. The number of aliphatic hydroxyl groups is 1. The van der Waals surface area contributed by atoms with Crippen molar-refractivity contribution in [2.75, 3.05) is 32.7 Å². The smallest absolute Gasteiger partial charge is 0.317 e. The lowest BCUT2D eigenvalue weighted by atomic mass is 9.95. The molecule has 3 rings (SSSR count). The zero-order valence-corrected chi connectivity index (χ0v) is 15.4. The molecule has 1 aromatic rings. The lowest BCUT2D eigenvalue weighted by Gasteiger charge is -2.36. The van der Waals surface area contributed by atoms with E-state index in [0.717, 1.165) is 70.3 Å². The van der Waals surface area contributed by atoms with Crippen molar-refractivity contribution in [2.24, 2.45) is 0 Å². The van der Waals surface area contributed by atoms with Crippen molar-refractivity contribution in [3.63, 3.8) is 0 Å². The van der Waals surface area contributed by atoms with Crippen molar-refractivity contribution in [2.45, 2.75) is 50.7 Å². The maximum absolute atomic E-state index is 13.6. The van der Waals surface area contributed by atoms with Crippen LogP contribution in [0.2, 0.25) is 0 Å². The minimum absolute atomic E-state index is 0.0389. The molecule has 2 aliphatic heterocycles. The summed E-state index contributed by atoms with van der Waals surface area (Å²) in [6.07, 6.45) is 5.38. The monoisotopic (exact) mass is 363 g/mol. The number of nitrogens with zero attached hydrogens (tertiary/aromatic N) is 2. The van der Waals surface area contributed by atoms with Crippen LogP contribution < -0.4 is 5.32 Å². The summed E-state index contributed by atoms with van der Waals surface area (Å²) in [5, 5.41) is 12.6. The first-order chi connectivity index (χ1) is 12.6. The molecule has 0 bridgehead atoms. The summed E-state index contributed by atoms with van der Waals surface area (Å²) in [5.41, 5.74) is 0.881. The van der Waals surface area contributed by atoms with Crippen LogP contribution in [0.25, 0.3) is 0 Å². The number of aliphatic hydroxyl groups excluding tert-OH is 1. The number of halogens is 1. The molecule has 5 nitrogen and oxygen atoms in total. The van der Waals surface area contributed by atoms with Gasteiger partial charge in [0.25, 0.3) is 0 Å². The highest BCUT2D eigenvalue weighted by Gasteiger charge is 2.28. The number of rotatable bonds is 5. The fourth-order valence-electron chi connectivity index (χ4n) is 3.98. The average Bonchev–Trinajstić information content (AvgIpc) is 2.66. The molecule has 144 valence electrons. The van der Waals surface area contributed by atoms with Gasteiger partial charge in [-0.15, -0.1) is 0 Å². The highest BCUT2D eigenvalue weighted by molar-refractivity contribution is 5.74. The van der Waals surface area contributed by atoms with Gasteiger partial charge >= 0.3 is 6.03 Å². The fourth-order valence-corrected chi connectivity index (χ4v) is 3.98. The number of amides is 2. The number of benzene rings is 1. The number of piperidine rings is 2. The largest absolute Gasteiger partial charge is 0.393 e. The molecule has 2 N–H and O–H groups in total. The third-order valence-corrected chi connectivity index (χ3v) is 5.48. The van der Waals surface area contributed by atoms with E-state index in [1.807, 2.05) is 11.0 Å². The van der Waals surface area contributed by atoms with Gasteiger partial charge in [-0.25, -0.2) is 9.18 Å². The van der Waals surface area contributed by atoms with Crippen LogP contribution in [-0.4, -0.2) is 59.8 Å². The van der Waals surface area contributed by atoms with Crippen LogP contribution in [0.1, 0.15) is 50.1 Å². The fraction of sp³-hybridized carbons (Fsp3) is 0.650. The van der Waals surface area contributed by atoms with Gasteiger partial charge in [-0.2, -0.15) is 0 Å². The minimum Gasteiger partial charge on any atom is -0.393 e. The molecule has 2 amide bonds. The van der Waals surface area contributed by atoms with Gasteiger partial charge in [0.15, 0.2) is 0 Å². The Morgan fingerprint density at radius 2 is 2.00 bits per heavy atom. The summed E-state index contributed by atoms with van der Waals surface area (Å²) in [5.74, 6) is -0.250. The number of hydrogen-bond donors (Lipinski definition) is 2. The van der Waals surface area contributed by atoms with Gasteiger partial charge in [0.05, 0.1) is 12.1 Å². The summed E-state index contributed by atoms with van der Waals surface area (Å²) in [7, 11) is 0. The zero-order chi connectivity index (χ0) is 18.4. The molecule has 0 saturated carbocycles. The molecule has 0 radical (unpaired) electrons. The highest BCUT2D eigenvalue weighted by atomic mass is 19.1. The molecule has 1 aromatic carbocycles. The van der Waals surface area contributed by atoms with Crippen molar-refractivity contribution >= 4 is 6.03 Å². The number of carbonyl (C=O) groups excluding carboxylic acids is 1. The van der Waals surface area contributed by atoms with E-state index in [4.69, 9.17) is 0 Å². The van der Waals surface area contributed by atoms with Crippen LogP contribution in [-0.2, 0) is 0 Å². The Hall–Kier alpha value is -1.66. The van der Waals surface area contributed by atoms with Gasteiger partial charge in [-0.1, -0.05) is 12.1 Å². The second-order valence-corrected chi connectivity index (χ2v) is 7.42. The lowest BCUT2D eigenvalue weighted by molar-refractivity contribution is 0.0820. The molecule has 0 aliphatic carbocycles. The first-order valence-electron chi connectivity index (χ1n) is 9.84. The molecule has 2 heterocycles. The van der Waals surface area contributed by atoms with Crippen molar-refractivity contribution in [1.82, 2.24) is 15.1 Å². The predicted octanol–water partition coefficient (Wildman–Crippen LogP) is 2.91. The Kier molecular flexibility index (Phi) is 6.86. The molecule has 1 atom stereocenters. The second-order valence-electron chi connectivity index (χ2n) is 7.42. The Balaban J connectivity index is 1.46. The van der Waals surface area contributed by atoms with E-state index in [0.29, 0.717) is 6.54 Å². The quantitative estimate of drug-likeness (QED) is 0.791. The molecule has 0 spiro atoms. The average molecular weight is 363 g/mol. The maximum atomic E-state index is 13.6. The maximum Gasteiger partial charge on any atom is 0.317 e. The summed E-state index contributed by atoms with van der Waals surface area (Å²) in [4.78, 5) is 16.8. The van der Waals surface area contributed by atoms with E-state index in [2.05, 4.69) is 10.2 Å². The van der Waals surface area contributed by atoms with Crippen LogP contribution >= 0.6 is 0 Å². The summed E-state index contributed by atoms with van der Waals surface area (Å²) in [6.45, 7) is 4.17. The van der Waals surface area contributed by atoms with Gasteiger partial charge in [-0.3, -0.25) is 0 Å². The zero-order valence-electron chi connectivity index (χ0n) is 15.4. The number of hydrogen-bond acceptors (Lipinski definition) is 3. The normalized spacial score (nSPS) is 22.4. The highest BCUT2D eigenvalue weighted by Crippen LogP contribution is 2.31. The van der Waals surface area contributed by atoms with Gasteiger partial charge in [0.2, 0.25) is 0 Å². The van der Waals surface area contributed by atoms with E-state index >= 15 is 0 Å². The lowest BCUT2D eigenvalue weighted by Crippen LogP contribution is -2.45. The van der Waals surface area contributed by atoms with E-state index in [1.165, 1.54) is 6.07 Å². The molecule has 26 heavy (non-hydrogen) atoms. The number of likely N-dealkylation sites (tertiary alicyclic amines) is 2. The molecule has 2 aliphatic rings. The van der Waals surface area contributed by atoms with Gasteiger partial charge < -0.3 is 20.2 Å². The minimum atomic E-state index is -0.250. The first kappa shape index (κ1) is 19.1.